The molecule has 0 aromatic carbocycles. The van der Waals surface area contributed by atoms with Gasteiger partial charge in [0.1, 0.15) is 0 Å². The smallest absolute Gasteiger partial charge is 0.223 e. The van der Waals surface area contributed by atoms with Crippen molar-refractivity contribution < 1.29 is 4.79 Å². The van der Waals surface area contributed by atoms with Crippen LogP contribution in [0.2, 0.25) is 0 Å². The molecule has 1 amide bonds. The van der Waals surface area contributed by atoms with Gasteiger partial charge in [0, 0.05) is 12.5 Å². The van der Waals surface area contributed by atoms with Crippen LogP contribution in [0.4, 0.5) is 0 Å². The molecule has 3 fully saturated rings. The minimum Gasteiger partial charge on any atom is -0.356 e. The zero-order chi connectivity index (χ0) is 8.18. The minimum absolute atomic E-state index is 0.347. The molecule has 0 bridgehead atoms. The van der Waals surface area contributed by atoms with Gasteiger partial charge in [-0.05, 0) is 37.0 Å². The van der Waals surface area contributed by atoms with Gasteiger partial charge in [0.2, 0.25) is 5.91 Å². The first-order chi connectivity index (χ1) is 5.83. The van der Waals surface area contributed by atoms with E-state index in [1.54, 1.807) is 0 Å². The lowest BCUT2D eigenvalue weighted by molar-refractivity contribution is -0.148. The average Bonchev–Trinajstić information content (AvgIpc) is 2.33. The van der Waals surface area contributed by atoms with Crippen molar-refractivity contribution in [2.75, 3.05) is 6.54 Å². The predicted octanol–water partition coefficient (Wildman–Crippen LogP) is 1.31. The van der Waals surface area contributed by atoms with Crippen LogP contribution >= 0.6 is 0 Å². The van der Waals surface area contributed by atoms with Gasteiger partial charge in [-0.15, -0.1) is 0 Å². The molecule has 1 heterocycles. The third kappa shape index (κ3) is 0.606. The molecular formula is C10H15NO. The molecule has 12 heavy (non-hydrogen) atoms. The summed E-state index contributed by atoms with van der Waals surface area (Å²) >= 11 is 0. The second kappa shape index (κ2) is 2.04. The fourth-order valence-electron chi connectivity index (χ4n) is 3.75. The molecule has 2 heteroatoms. The van der Waals surface area contributed by atoms with E-state index < -0.39 is 0 Å². The summed E-state index contributed by atoms with van der Waals surface area (Å²) < 4.78 is 0. The molecule has 1 N–H and O–H groups in total. The zero-order valence-corrected chi connectivity index (χ0v) is 7.31. The van der Waals surface area contributed by atoms with Crippen LogP contribution < -0.4 is 5.32 Å². The van der Waals surface area contributed by atoms with E-state index in [0.717, 1.165) is 12.5 Å². The van der Waals surface area contributed by atoms with Crippen LogP contribution in [0.5, 0.6) is 0 Å². The van der Waals surface area contributed by atoms with Crippen LogP contribution in [-0.2, 0) is 4.79 Å². The summed E-state index contributed by atoms with van der Waals surface area (Å²) in [5, 5.41) is 2.98. The predicted molar refractivity (Wildman–Crippen MR) is 45.5 cm³/mol. The van der Waals surface area contributed by atoms with E-state index in [1.807, 2.05) is 0 Å². The Balaban J connectivity index is 1.92. The van der Waals surface area contributed by atoms with Crippen LogP contribution in [-0.4, -0.2) is 12.5 Å². The van der Waals surface area contributed by atoms with Crippen LogP contribution in [0.25, 0.3) is 0 Å². The highest BCUT2D eigenvalue weighted by molar-refractivity contribution is 5.81. The van der Waals surface area contributed by atoms with Crippen LogP contribution in [0.1, 0.15) is 32.1 Å². The molecule has 3 unspecified atom stereocenters. The summed E-state index contributed by atoms with van der Waals surface area (Å²) in [4.78, 5) is 11.5. The molecule has 66 valence electrons. The fraction of sp³-hybridized carbons (Fsp3) is 0.900. The first-order valence-corrected chi connectivity index (χ1v) is 5.11. The molecule has 1 saturated heterocycles. The maximum Gasteiger partial charge on any atom is 0.223 e. The van der Waals surface area contributed by atoms with Crippen LogP contribution in [0.3, 0.4) is 0 Å². The van der Waals surface area contributed by atoms with E-state index in [1.165, 1.54) is 32.1 Å². The molecule has 2 saturated carbocycles. The van der Waals surface area contributed by atoms with Crippen molar-refractivity contribution in [2.45, 2.75) is 32.1 Å². The Bertz CT molecular complexity index is 238. The van der Waals surface area contributed by atoms with Gasteiger partial charge in [0.25, 0.3) is 0 Å². The lowest BCUT2D eigenvalue weighted by atomic mass is 9.51. The summed E-state index contributed by atoms with van der Waals surface area (Å²) in [5.74, 6) is 1.66. The van der Waals surface area contributed by atoms with Crippen LogP contribution in [0.15, 0.2) is 0 Å². The summed E-state index contributed by atoms with van der Waals surface area (Å²) in [6.07, 6.45) is 6.54. The Labute approximate surface area is 72.7 Å². The van der Waals surface area contributed by atoms with Gasteiger partial charge in [0.05, 0.1) is 0 Å². The SMILES string of the molecule is O=C1NCCC23CCCC2CC13. The van der Waals surface area contributed by atoms with Crippen molar-refractivity contribution in [1.29, 1.82) is 0 Å². The Morgan fingerprint density at radius 3 is 3.17 bits per heavy atom. The molecular weight excluding hydrogens is 150 g/mol. The highest BCUT2D eigenvalue weighted by Gasteiger charge is 2.60. The van der Waals surface area contributed by atoms with Gasteiger partial charge in [-0.25, -0.2) is 0 Å². The minimum atomic E-state index is 0.347. The fourth-order valence-corrected chi connectivity index (χ4v) is 3.75. The van der Waals surface area contributed by atoms with Crippen molar-refractivity contribution in [3.05, 3.63) is 0 Å². The van der Waals surface area contributed by atoms with E-state index in [4.69, 9.17) is 0 Å². The average molecular weight is 165 g/mol. The second-order valence-electron chi connectivity index (χ2n) is 4.65. The van der Waals surface area contributed by atoms with E-state index in [2.05, 4.69) is 5.32 Å². The summed E-state index contributed by atoms with van der Waals surface area (Å²) in [7, 11) is 0. The van der Waals surface area contributed by atoms with Crippen molar-refractivity contribution in [2.24, 2.45) is 17.3 Å². The van der Waals surface area contributed by atoms with Crippen molar-refractivity contribution in [1.82, 2.24) is 5.32 Å². The molecule has 1 aliphatic heterocycles. The lowest BCUT2D eigenvalue weighted by Gasteiger charge is -2.54. The molecule has 2 aliphatic carbocycles. The largest absolute Gasteiger partial charge is 0.356 e. The number of carbonyl (C=O) groups excluding carboxylic acids is 1. The van der Waals surface area contributed by atoms with E-state index in [9.17, 15) is 4.79 Å². The van der Waals surface area contributed by atoms with Crippen molar-refractivity contribution >= 4 is 5.91 Å². The number of amides is 1. The quantitative estimate of drug-likeness (QED) is 0.576. The first kappa shape index (κ1) is 6.93. The number of nitrogens with one attached hydrogen (secondary N) is 1. The topological polar surface area (TPSA) is 29.1 Å². The zero-order valence-electron chi connectivity index (χ0n) is 7.31. The Hall–Kier alpha value is -0.530. The molecule has 0 radical (unpaired) electrons. The second-order valence-corrected chi connectivity index (χ2v) is 4.65. The van der Waals surface area contributed by atoms with Gasteiger partial charge in [-0.1, -0.05) is 6.42 Å². The lowest BCUT2D eigenvalue weighted by Crippen LogP contribution is -2.58. The Kier molecular flexibility index (Phi) is 1.18. The molecule has 0 aromatic rings. The van der Waals surface area contributed by atoms with Crippen LogP contribution in [0, 0.1) is 17.3 Å². The van der Waals surface area contributed by atoms with Gasteiger partial charge >= 0.3 is 0 Å². The number of hydrogen-bond donors (Lipinski definition) is 1. The Morgan fingerprint density at radius 2 is 2.33 bits per heavy atom. The third-order valence-corrected chi connectivity index (χ3v) is 4.43. The van der Waals surface area contributed by atoms with E-state index >= 15 is 0 Å². The summed E-state index contributed by atoms with van der Waals surface area (Å²) in [6.45, 7) is 0.936. The van der Waals surface area contributed by atoms with Crippen molar-refractivity contribution in [3.63, 3.8) is 0 Å². The number of carbonyl (C=O) groups is 1. The Morgan fingerprint density at radius 1 is 1.42 bits per heavy atom. The number of rotatable bonds is 0. The maximum absolute atomic E-state index is 11.5. The monoisotopic (exact) mass is 165 g/mol. The molecule has 3 aliphatic rings. The van der Waals surface area contributed by atoms with Gasteiger partial charge < -0.3 is 5.32 Å². The molecule has 0 aromatic heterocycles. The standard InChI is InChI=1S/C10H15NO/c12-9-8-6-7-2-1-3-10(7,8)4-5-11-9/h7-8H,1-6H2,(H,11,12). The van der Waals surface area contributed by atoms with Gasteiger partial charge in [0.15, 0.2) is 0 Å². The van der Waals surface area contributed by atoms with E-state index in [-0.39, 0.29) is 0 Å². The molecule has 3 atom stereocenters. The summed E-state index contributed by atoms with van der Waals surface area (Å²) in [6, 6.07) is 0. The highest BCUT2D eigenvalue weighted by atomic mass is 16.2. The normalized spacial score (nSPS) is 50.5. The molecule has 3 rings (SSSR count). The number of piperidine rings is 1. The first-order valence-electron chi connectivity index (χ1n) is 5.11. The van der Waals surface area contributed by atoms with Crippen molar-refractivity contribution in [3.8, 4) is 0 Å². The van der Waals surface area contributed by atoms with E-state index in [0.29, 0.717) is 17.2 Å². The molecule has 1 spiro atoms. The van der Waals surface area contributed by atoms with Gasteiger partial charge in [-0.2, -0.15) is 0 Å². The molecule has 2 nitrogen and oxygen atoms in total. The highest BCUT2D eigenvalue weighted by Crippen LogP contribution is 2.63. The summed E-state index contributed by atoms with van der Waals surface area (Å²) in [5.41, 5.74) is 0.488. The number of hydrogen-bond acceptors (Lipinski definition) is 1. The third-order valence-electron chi connectivity index (χ3n) is 4.43. The van der Waals surface area contributed by atoms with Gasteiger partial charge in [-0.3, -0.25) is 4.79 Å². The maximum atomic E-state index is 11.5.